The quantitative estimate of drug-likeness (QED) is 0.559. The monoisotopic (exact) mass is 294 g/mol. The van der Waals surface area contributed by atoms with E-state index in [1.54, 1.807) is 11.0 Å². The van der Waals surface area contributed by atoms with E-state index in [1.165, 1.54) is 0 Å². The Kier molecular flexibility index (Phi) is 7.79. The second kappa shape index (κ2) is 9.37. The molecule has 1 amide bonds. The van der Waals surface area contributed by atoms with Crippen molar-refractivity contribution in [3.8, 4) is 0 Å². The van der Waals surface area contributed by atoms with E-state index in [1.807, 2.05) is 32.9 Å². The minimum absolute atomic E-state index is 0.0648. The standard InChI is InChI=1S/C16H26N2O3/c1-4-20-11-9-18(10-12-21-5-2)16(19)15-13(3)7-6-8-14(15)17/h6-8H,4-5,9-12,17H2,1-3H3. The van der Waals surface area contributed by atoms with Crippen LogP contribution in [0.3, 0.4) is 0 Å². The summed E-state index contributed by atoms with van der Waals surface area (Å²) in [7, 11) is 0. The van der Waals surface area contributed by atoms with Crippen LogP contribution in [0.15, 0.2) is 18.2 Å². The van der Waals surface area contributed by atoms with Crippen molar-refractivity contribution < 1.29 is 14.3 Å². The number of amides is 1. The van der Waals surface area contributed by atoms with Gasteiger partial charge in [-0.05, 0) is 32.4 Å². The van der Waals surface area contributed by atoms with E-state index in [0.717, 1.165) is 5.56 Å². The van der Waals surface area contributed by atoms with Crippen molar-refractivity contribution in [3.05, 3.63) is 29.3 Å². The van der Waals surface area contributed by atoms with Crippen LogP contribution in [0, 0.1) is 6.92 Å². The fourth-order valence-electron chi connectivity index (χ4n) is 2.09. The fraction of sp³-hybridized carbons (Fsp3) is 0.562. The molecule has 5 heteroatoms. The second-order valence-electron chi connectivity index (χ2n) is 4.73. The highest BCUT2D eigenvalue weighted by Gasteiger charge is 2.19. The number of aryl methyl sites for hydroxylation is 1. The summed E-state index contributed by atoms with van der Waals surface area (Å²) >= 11 is 0. The summed E-state index contributed by atoms with van der Waals surface area (Å²) in [5, 5.41) is 0. The molecule has 0 saturated carbocycles. The number of hydrogen-bond acceptors (Lipinski definition) is 4. The molecule has 0 radical (unpaired) electrons. The Morgan fingerprint density at radius 1 is 1.14 bits per heavy atom. The minimum atomic E-state index is -0.0648. The van der Waals surface area contributed by atoms with E-state index in [0.29, 0.717) is 50.8 Å². The average Bonchev–Trinajstić information content (AvgIpc) is 2.45. The zero-order chi connectivity index (χ0) is 15.7. The molecule has 21 heavy (non-hydrogen) atoms. The van der Waals surface area contributed by atoms with E-state index < -0.39 is 0 Å². The first-order valence-electron chi connectivity index (χ1n) is 7.41. The molecule has 0 aliphatic heterocycles. The van der Waals surface area contributed by atoms with Gasteiger partial charge in [-0.25, -0.2) is 0 Å². The Balaban J connectivity index is 2.82. The smallest absolute Gasteiger partial charge is 0.256 e. The summed E-state index contributed by atoms with van der Waals surface area (Å²) in [5.41, 5.74) is 7.93. The van der Waals surface area contributed by atoms with E-state index in [9.17, 15) is 4.79 Å². The Morgan fingerprint density at radius 2 is 1.71 bits per heavy atom. The van der Waals surface area contributed by atoms with Crippen LogP contribution in [0.4, 0.5) is 5.69 Å². The second-order valence-corrected chi connectivity index (χ2v) is 4.73. The third-order valence-electron chi connectivity index (χ3n) is 3.23. The van der Waals surface area contributed by atoms with Gasteiger partial charge in [-0.1, -0.05) is 12.1 Å². The van der Waals surface area contributed by atoms with Crippen LogP contribution in [-0.2, 0) is 9.47 Å². The molecule has 1 rings (SSSR count). The van der Waals surface area contributed by atoms with Crippen LogP contribution in [-0.4, -0.2) is 50.3 Å². The lowest BCUT2D eigenvalue weighted by atomic mass is 10.1. The molecule has 2 N–H and O–H groups in total. The highest BCUT2D eigenvalue weighted by Crippen LogP contribution is 2.18. The zero-order valence-electron chi connectivity index (χ0n) is 13.2. The van der Waals surface area contributed by atoms with Crippen molar-refractivity contribution in [1.82, 2.24) is 4.90 Å². The number of rotatable bonds is 9. The summed E-state index contributed by atoms with van der Waals surface area (Å²) in [6.07, 6.45) is 0. The van der Waals surface area contributed by atoms with E-state index in [2.05, 4.69) is 0 Å². The topological polar surface area (TPSA) is 64.8 Å². The largest absolute Gasteiger partial charge is 0.398 e. The van der Waals surface area contributed by atoms with Gasteiger partial charge in [0.25, 0.3) is 5.91 Å². The lowest BCUT2D eigenvalue weighted by molar-refractivity contribution is 0.0550. The van der Waals surface area contributed by atoms with Crippen LogP contribution >= 0.6 is 0 Å². The fourth-order valence-corrected chi connectivity index (χ4v) is 2.09. The lowest BCUT2D eigenvalue weighted by Gasteiger charge is -2.24. The van der Waals surface area contributed by atoms with Crippen LogP contribution in [0.1, 0.15) is 29.8 Å². The molecule has 0 unspecified atom stereocenters. The zero-order valence-corrected chi connectivity index (χ0v) is 13.2. The van der Waals surface area contributed by atoms with Gasteiger partial charge >= 0.3 is 0 Å². The molecule has 5 nitrogen and oxygen atoms in total. The SMILES string of the molecule is CCOCCN(CCOCC)C(=O)c1c(C)cccc1N. The summed E-state index contributed by atoms with van der Waals surface area (Å²) in [5.74, 6) is -0.0648. The van der Waals surface area contributed by atoms with Crippen molar-refractivity contribution in [2.45, 2.75) is 20.8 Å². The Labute approximate surface area is 127 Å². The maximum Gasteiger partial charge on any atom is 0.256 e. The van der Waals surface area contributed by atoms with Gasteiger partial charge in [-0.3, -0.25) is 4.79 Å². The number of carbonyl (C=O) groups excluding carboxylic acids is 1. The first-order chi connectivity index (χ1) is 10.1. The van der Waals surface area contributed by atoms with Gasteiger partial charge in [0, 0.05) is 32.0 Å². The molecule has 1 aromatic rings. The summed E-state index contributed by atoms with van der Waals surface area (Å²) < 4.78 is 10.7. The number of anilines is 1. The highest BCUT2D eigenvalue weighted by atomic mass is 16.5. The normalized spacial score (nSPS) is 10.6. The number of carbonyl (C=O) groups is 1. The predicted molar refractivity (Wildman–Crippen MR) is 84.5 cm³/mol. The molecule has 0 spiro atoms. The van der Waals surface area contributed by atoms with Crippen LogP contribution in [0.5, 0.6) is 0 Å². The molecule has 118 valence electrons. The molecule has 0 heterocycles. The number of ether oxygens (including phenoxy) is 2. The third-order valence-corrected chi connectivity index (χ3v) is 3.23. The average molecular weight is 294 g/mol. The molecule has 0 fully saturated rings. The van der Waals surface area contributed by atoms with Crippen molar-refractivity contribution in [3.63, 3.8) is 0 Å². The molecular formula is C16H26N2O3. The van der Waals surface area contributed by atoms with Crippen LogP contribution < -0.4 is 5.73 Å². The Bertz CT molecular complexity index is 419. The van der Waals surface area contributed by atoms with Crippen molar-refractivity contribution in [2.75, 3.05) is 45.3 Å². The van der Waals surface area contributed by atoms with Crippen molar-refractivity contribution in [2.24, 2.45) is 0 Å². The van der Waals surface area contributed by atoms with Gasteiger partial charge in [0.2, 0.25) is 0 Å². The minimum Gasteiger partial charge on any atom is -0.398 e. The first kappa shape index (κ1) is 17.5. The Hall–Kier alpha value is -1.59. The lowest BCUT2D eigenvalue weighted by Crippen LogP contribution is -2.37. The van der Waals surface area contributed by atoms with Gasteiger partial charge < -0.3 is 20.1 Å². The van der Waals surface area contributed by atoms with E-state index in [-0.39, 0.29) is 5.91 Å². The molecule has 1 aromatic carbocycles. The van der Waals surface area contributed by atoms with Gasteiger partial charge in [0.1, 0.15) is 0 Å². The molecule has 0 aromatic heterocycles. The molecule has 0 bridgehead atoms. The highest BCUT2D eigenvalue weighted by molar-refractivity contribution is 6.00. The first-order valence-corrected chi connectivity index (χ1v) is 7.41. The van der Waals surface area contributed by atoms with E-state index >= 15 is 0 Å². The number of nitrogen functional groups attached to an aromatic ring is 1. The molecule has 0 aliphatic rings. The number of nitrogens with zero attached hydrogens (tertiary/aromatic N) is 1. The number of benzene rings is 1. The van der Waals surface area contributed by atoms with E-state index in [4.69, 9.17) is 15.2 Å². The Morgan fingerprint density at radius 3 is 2.19 bits per heavy atom. The summed E-state index contributed by atoms with van der Waals surface area (Å²) in [6.45, 7) is 9.14. The maximum absolute atomic E-state index is 12.7. The molecule has 0 aliphatic carbocycles. The summed E-state index contributed by atoms with van der Waals surface area (Å²) in [4.78, 5) is 14.4. The van der Waals surface area contributed by atoms with Crippen molar-refractivity contribution >= 4 is 11.6 Å². The van der Waals surface area contributed by atoms with Gasteiger partial charge in [0.05, 0.1) is 18.8 Å². The van der Waals surface area contributed by atoms with Gasteiger partial charge in [-0.2, -0.15) is 0 Å². The molecule has 0 saturated heterocycles. The summed E-state index contributed by atoms with van der Waals surface area (Å²) in [6, 6.07) is 5.50. The number of hydrogen-bond donors (Lipinski definition) is 1. The van der Waals surface area contributed by atoms with Crippen molar-refractivity contribution in [1.29, 1.82) is 0 Å². The maximum atomic E-state index is 12.7. The van der Waals surface area contributed by atoms with Gasteiger partial charge in [-0.15, -0.1) is 0 Å². The molecule has 0 atom stereocenters. The predicted octanol–water partition coefficient (Wildman–Crippen LogP) is 2.09. The van der Waals surface area contributed by atoms with Gasteiger partial charge in [0.15, 0.2) is 0 Å². The van der Waals surface area contributed by atoms with Crippen LogP contribution in [0.2, 0.25) is 0 Å². The molecular weight excluding hydrogens is 268 g/mol. The van der Waals surface area contributed by atoms with Crippen LogP contribution in [0.25, 0.3) is 0 Å². The third kappa shape index (κ3) is 5.36. The number of nitrogens with two attached hydrogens (primary N) is 1.